The molecule has 2 amide bonds. The van der Waals surface area contributed by atoms with Crippen molar-refractivity contribution < 1.29 is 13.9 Å². The van der Waals surface area contributed by atoms with Crippen molar-refractivity contribution in [2.24, 2.45) is 0 Å². The van der Waals surface area contributed by atoms with E-state index in [2.05, 4.69) is 15.4 Å². The number of ether oxygens (including phenoxy) is 1. The van der Waals surface area contributed by atoms with Crippen molar-refractivity contribution in [1.82, 2.24) is 25.0 Å². The van der Waals surface area contributed by atoms with Gasteiger partial charge in [0, 0.05) is 19.7 Å². The highest BCUT2D eigenvalue weighted by Gasteiger charge is 2.32. The van der Waals surface area contributed by atoms with Crippen molar-refractivity contribution >= 4 is 6.03 Å². The molecule has 1 saturated heterocycles. The Morgan fingerprint density at radius 2 is 2.42 bits per heavy atom. The summed E-state index contributed by atoms with van der Waals surface area (Å²) in [6, 6.07) is 3.70. The van der Waals surface area contributed by atoms with E-state index in [1.54, 1.807) is 18.1 Å². The third kappa shape index (κ3) is 3.76. The molecule has 2 atom stereocenters. The number of methoxy groups -OCH3 is 1. The largest absolute Gasteiger partial charge is 0.461 e. The number of carbonyl (C=O) groups excluding carboxylic acids is 1. The first-order valence-electron chi connectivity index (χ1n) is 8.14. The van der Waals surface area contributed by atoms with Gasteiger partial charge >= 0.3 is 6.03 Å². The molecule has 0 bridgehead atoms. The van der Waals surface area contributed by atoms with Gasteiger partial charge in [-0.3, -0.25) is 4.68 Å². The molecule has 0 aromatic carbocycles. The van der Waals surface area contributed by atoms with Crippen LogP contribution in [0.2, 0.25) is 0 Å². The smallest absolute Gasteiger partial charge is 0.318 e. The molecule has 1 fully saturated rings. The molecule has 0 radical (unpaired) electrons. The summed E-state index contributed by atoms with van der Waals surface area (Å²) < 4.78 is 12.6. The number of rotatable bonds is 6. The Labute approximate surface area is 140 Å². The zero-order valence-electron chi connectivity index (χ0n) is 14.0. The average Bonchev–Trinajstić information content (AvgIpc) is 3.28. The predicted molar refractivity (Wildman–Crippen MR) is 86.1 cm³/mol. The molecule has 0 unspecified atom stereocenters. The lowest BCUT2D eigenvalue weighted by atomic mass is 10.2. The van der Waals surface area contributed by atoms with E-state index < -0.39 is 0 Å². The van der Waals surface area contributed by atoms with Gasteiger partial charge in [0.2, 0.25) is 0 Å². The van der Waals surface area contributed by atoms with Crippen molar-refractivity contribution in [1.29, 1.82) is 0 Å². The minimum absolute atomic E-state index is 0.0193. The molecule has 0 aliphatic carbocycles. The Morgan fingerprint density at radius 3 is 3.17 bits per heavy atom. The zero-order valence-corrected chi connectivity index (χ0v) is 14.0. The number of nitrogens with one attached hydrogen (secondary N) is 1. The molecule has 8 nitrogen and oxygen atoms in total. The predicted octanol–water partition coefficient (Wildman–Crippen LogP) is 1.95. The maximum Gasteiger partial charge on any atom is 0.318 e. The number of furan rings is 1. The van der Waals surface area contributed by atoms with Crippen LogP contribution in [0.1, 0.15) is 37.3 Å². The summed E-state index contributed by atoms with van der Waals surface area (Å²) in [5.41, 5.74) is 0. The lowest BCUT2D eigenvalue weighted by Gasteiger charge is -2.25. The van der Waals surface area contributed by atoms with Gasteiger partial charge in [0.05, 0.1) is 12.6 Å². The van der Waals surface area contributed by atoms with Crippen LogP contribution in [0.15, 0.2) is 29.2 Å². The molecule has 8 heteroatoms. The van der Waals surface area contributed by atoms with Crippen molar-refractivity contribution in [2.45, 2.75) is 45.0 Å². The summed E-state index contributed by atoms with van der Waals surface area (Å²) in [5, 5.41) is 7.08. The summed E-state index contributed by atoms with van der Waals surface area (Å²) in [7, 11) is 1.63. The van der Waals surface area contributed by atoms with E-state index in [0.717, 1.165) is 30.9 Å². The fraction of sp³-hybridized carbons (Fsp3) is 0.562. The van der Waals surface area contributed by atoms with Crippen molar-refractivity contribution in [3.05, 3.63) is 36.3 Å². The number of urea groups is 1. The average molecular weight is 333 g/mol. The lowest BCUT2D eigenvalue weighted by molar-refractivity contribution is 0.155. The molecule has 1 aliphatic rings. The standard InChI is InChI=1S/C16H23N5O3/c1-12(8-20-11-17-10-18-20)19-16(22)21-7-3-4-14(21)15-6-5-13(24-15)9-23-2/h5-6,10-12,14H,3-4,7-9H2,1-2H3,(H,19,22)/t12-,14-/m0/s1. The number of carbonyl (C=O) groups is 1. The monoisotopic (exact) mass is 333 g/mol. The van der Waals surface area contributed by atoms with Crippen LogP contribution in [0.5, 0.6) is 0 Å². The summed E-state index contributed by atoms with van der Waals surface area (Å²) >= 11 is 0. The molecule has 1 aliphatic heterocycles. The minimum atomic E-state index is -0.0743. The summed E-state index contributed by atoms with van der Waals surface area (Å²) in [6.07, 6.45) is 5.00. The molecule has 1 N–H and O–H groups in total. The van der Waals surface area contributed by atoms with E-state index in [1.807, 2.05) is 24.0 Å². The van der Waals surface area contributed by atoms with E-state index in [9.17, 15) is 4.79 Å². The van der Waals surface area contributed by atoms with Crippen LogP contribution in [-0.4, -0.2) is 45.4 Å². The van der Waals surface area contributed by atoms with Gasteiger partial charge in [-0.2, -0.15) is 5.10 Å². The SMILES string of the molecule is COCc1ccc([C@@H]2CCCN2C(=O)N[C@@H](C)Cn2cncn2)o1. The van der Waals surface area contributed by atoms with E-state index in [4.69, 9.17) is 9.15 Å². The number of hydrogen-bond acceptors (Lipinski definition) is 5. The van der Waals surface area contributed by atoms with Gasteiger partial charge in [0.1, 0.15) is 30.8 Å². The van der Waals surface area contributed by atoms with Crippen LogP contribution in [0.4, 0.5) is 4.79 Å². The maximum atomic E-state index is 12.6. The molecule has 0 spiro atoms. The van der Waals surface area contributed by atoms with E-state index in [-0.39, 0.29) is 18.1 Å². The molecule has 3 heterocycles. The number of likely N-dealkylation sites (tertiary alicyclic amines) is 1. The van der Waals surface area contributed by atoms with Gasteiger partial charge < -0.3 is 19.4 Å². The Morgan fingerprint density at radius 1 is 1.54 bits per heavy atom. The van der Waals surface area contributed by atoms with Crippen LogP contribution < -0.4 is 5.32 Å². The fourth-order valence-corrected chi connectivity index (χ4v) is 3.05. The number of aromatic nitrogens is 3. The van der Waals surface area contributed by atoms with Crippen LogP contribution >= 0.6 is 0 Å². The quantitative estimate of drug-likeness (QED) is 0.873. The first-order valence-corrected chi connectivity index (χ1v) is 8.14. The van der Waals surface area contributed by atoms with E-state index in [1.165, 1.54) is 6.33 Å². The van der Waals surface area contributed by atoms with Gasteiger partial charge in [-0.1, -0.05) is 0 Å². The van der Waals surface area contributed by atoms with E-state index >= 15 is 0 Å². The molecule has 3 rings (SSSR count). The van der Waals surface area contributed by atoms with Crippen LogP contribution in [0.25, 0.3) is 0 Å². The van der Waals surface area contributed by atoms with Crippen molar-refractivity contribution in [3.8, 4) is 0 Å². The summed E-state index contributed by atoms with van der Waals surface area (Å²) in [6.45, 7) is 3.71. The highest BCUT2D eigenvalue weighted by atomic mass is 16.5. The van der Waals surface area contributed by atoms with Gasteiger partial charge in [0.25, 0.3) is 0 Å². The van der Waals surface area contributed by atoms with Crippen LogP contribution in [0, 0.1) is 0 Å². The molecular weight excluding hydrogens is 310 g/mol. The van der Waals surface area contributed by atoms with Crippen molar-refractivity contribution in [3.63, 3.8) is 0 Å². The first-order chi connectivity index (χ1) is 11.7. The number of nitrogens with zero attached hydrogens (tertiary/aromatic N) is 4. The van der Waals surface area contributed by atoms with Gasteiger partial charge in [-0.25, -0.2) is 9.78 Å². The second kappa shape index (κ2) is 7.48. The Balaban J connectivity index is 1.60. The topological polar surface area (TPSA) is 85.4 Å². The van der Waals surface area contributed by atoms with Gasteiger partial charge in [-0.05, 0) is 31.9 Å². The fourth-order valence-electron chi connectivity index (χ4n) is 3.05. The second-order valence-corrected chi connectivity index (χ2v) is 6.06. The van der Waals surface area contributed by atoms with Gasteiger partial charge in [0.15, 0.2) is 0 Å². The van der Waals surface area contributed by atoms with E-state index in [0.29, 0.717) is 13.2 Å². The normalized spacial score (nSPS) is 18.8. The highest BCUT2D eigenvalue weighted by molar-refractivity contribution is 5.75. The Kier molecular flexibility index (Phi) is 5.14. The minimum Gasteiger partial charge on any atom is -0.461 e. The molecule has 24 heavy (non-hydrogen) atoms. The van der Waals surface area contributed by atoms with Crippen LogP contribution in [-0.2, 0) is 17.9 Å². The number of amides is 2. The third-order valence-electron chi connectivity index (χ3n) is 4.11. The molecular formula is C16H23N5O3. The third-order valence-corrected chi connectivity index (χ3v) is 4.11. The lowest BCUT2D eigenvalue weighted by Crippen LogP contribution is -2.44. The maximum absolute atomic E-state index is 12.6. The molecule has 0 saturated carbocycles. The molecule has 130 valence electrons. The molecule has 2 aromatic rings. The summed E-state index contributed by atoms with van der Waals surface area (Å²) in [4.78, 5) is 18.4. The van der Waals surface area contributed by atoms with Gasteiger partial charge in [-0.15, -0.1) is 0 Å². The zero-order chi connectivity index (χ0) is 16.9. The second-order valence-electron chi connectivity index (χ2n) is 6.06. The Bertz CT molecular complexity index is 654. The van der Waals surface area contributed by atoms with Crippen molar-refractivity contribution in [2.75, 3.05) is 13.7 Å². The van der Waals surface area contributed by atoms with Crippen LogP contribution in [0.3, 0.4) is 0 Å². The molecule has 2 aromatic heterocycles. The summed E-state index contributed by atoms with van der Waals surface area (Å²) in [5.74, 6) is 1.60. The first kappa shape index (κ1) is 16.5. The highest BCUT2D eigenvalue weighted by Crippen LogP contribution is 2.33. The number of hydrogen-bond donors (Lipinski definition) is 1. The Hall–Kier alpha value is -2.35.